The molecule has 0 unspecified atom stereocenters. The highest BCUT2D eigenvalue weighted by Crippen LogP contribution is 2.15. The predicted molar refractivity (Wildman–Crippen MR) is 84.5 cm³/mol. The van der Waals surface area contributed by atoms with Crippen molar-refractivity contribution in [3.63, 3.8) is 0 Å². The van der Waals surface area contributed by atoms with Crippen molar-refractivity contribution >= 4 is 10.0 Å². The van der Waals surface area contributed by atoms with Crippen molar-refractivity contribution in [2.75, 3.05) is 19.8 Å². The first kappa shape index (κ1) is 18.1. The minimum atomic E-state index is -3.50. The van der Waals surface area contributed by atoms with Gasteiger partial charge < -0.3 is 10.5 Å². The minimum absolute atomic E-state index is 0.246. The topological polar surface area (TPSA) is 81.4 Å². The summed E-state index contributed by atoms with van der Waals surface area (Å²) in [5, 5.41) is 0. The van der Waals surface area contributed by atoms with Gasteiger partial charge in [0, 0.05) is 19.7 Å². The summed E-state index contributed by atoms with van der Waals surface area (Å²) in [5.74, 6) is 0.587. The predicted octanol–water partition coefficient (Wildman–Crippen LogP) is 1.79. The lowest BCUT2D eigenvalue weighted by Gasteiger charge is -2.10. The molecule has 1 aromatic rings. The van der Waals surface area contributed by atoms with Crippen molar-refractivity contribution in [2.24, 2.45) is 11.7 Å². The molecule has 0 aliphatic heterocycles. The molecule has 1 rings (SSSR count). The van der Waals surface area contributed by atoms with Gasteiger partial charge in [-0.1, -0.05) is 19.9 Å². The number of nitrogens with two attached hydrogens (primary N) is 1. The Hall–Kier alpha value is -0.950. The van der Waals surface area contributed by atoms with E-state index < -0.39 is 10.0 Å². The molecule has 6 heteroatoms. The molecule has 0 radical (unpaired) electrons. The number of sulfonamides is 1. The van der Waals surface area contributed by atoms with Crippen LogP contribution in [-0.4, -0.2) is 28.2 Å². The fraction of sp³-hybridized carbons (Fsp3) is 0.600. The number of hydrogen-bond donors (Lipinski definition) is 2. The molecule has 0 saturated heterocycles. The molecule has 5 nitrogen and oxygen atoms in total. The van der Waals surface area contributed by atoms with E-state index >= 15 is 0 Å². The Kier molecular flexibility index (Phi) is 7.31. The van der Waals surface area contributed by atoms with Crippen LogP contribution in [-0.2, 0) is 21.3 Å². The SMILES string of the molecule is Cc1ccc(S(=O)(=O)NCCOCCC(C)C)cc1CN. The Balaban J connectivity index is 2.50. The molecule has 0 bridgehead atoms. The van der Waals surface area contributed by atoms with E-state index in [1.165, 1.54) is 0 Å². The number of hydrogen-bond acceptors (Lipinski definition) is 4. The van der Waals surface area contributed by atoms with E-state index in [4.69, 9.17) is 10.5 Å². The maximum Gasteiger partial charge on any atom is 0.240 e. The van der Waals surface area contributed by atoms with Gasteiger partial charge in [-0.05, 0) is 42.5 Å². The van der Waals surface area contributed by atoms with Crippen LogP contribution in [0.5, 0.6) is 0 Å². The molecule has 0 aromatic heterocycles. The van der Waals surface area contributed by atoms with Crippen LogP contribution in [0.1, 0.15) is 31.4 Å². The highest BCUT2D eigenvalue weighted by atomic mass is 32.2. The third kappa shape index (κ3) is 6.13. The molecule has 0 atom stereocenters. The van der Waals surface area contributed by atoms with E-state index in [1.54, 1.807) is 18.2 Å². The number of ether oxygens (including phenoxy) is 1. The van der Waals surface area contributed by atoms with Crippen molar-refractivity contribution in [2.45, 2.75) is 38.6 Å². The fourth-order valence-electron chi connectivity index (χ4n) is 1.79. The Labute approximate surface area is 127 Å². The molecule has 0 fully saturated rings. The Morgan fingerprint density at radius 3 is 2.62 bits per heavy atom. The van der Waals surface area contributed by atoms with Crippen LogP contribution in [0.2, 0.25) is 0 Å². The molecular weight excluding hydrogens is 288 g/mol. The van der Waals surface area contributed by atoms with Crippen LogP contribution >= 0.6 is 0 Å². The monoisotopic (exact) mass is 314 g/mol. The zero-order chi connectivity index (χ0) is 15.9. The summed E-state index contributed by atoms with van der Waals surface area (Å²) in [6, 6.07) is 4.99. The zero-order valence-corrected chi connectivity index (χ0v) is 13.9. The molecule has 0 aliphatic carbocycles. The first-order valence-electron chi connectivity index (χ1n) is 7.24. The summed E-state index contributed by atoms with van der Waals surface area (Å²) in [6.45, 7) is 7.79. The first-order chi connectivity index (χ1) is 9.86. The van der Waals surface area contributed by atoms with Gasteiger partial charge in [0.05, 0.1) is 11.5 Å². The van der Waals surface area contributed by atoms with Crippen LogP contribution in [0.15, 0.2) is 23.1 Å². The summed E-state index contributed by atoms with van der Waals surface area (Å²) in [4.78, 5) is 0.246. The van der Waals surface area contributed by atoms with Crippen molar-refractivity contribution < 1.29 is 13.2 Å². The van der Waals surface area contributed by atoms with E-state index in [0.717, 1.165) is 17.5 Å². The van der Waals surface area contributed by atoms with Gasteiger partial charge in [-0.2, -0.15) is 0 Å². The molecule has 120 valence electrons. The molecule has 0 heterocycles. The average molecular weight is 314 g/mol. The molecule has 0 amide bonds. The molecule has 0 saturated carbocycles. The van der Waals surface area contributed by atoms with E-state index in [-0.39, 0.29) is 11.4 Å². The molecule has 3 N–H and O–H groups in total. The van der Waals surface area contributed by atoms with Crippen molar-refractivity contribution in [3.8, 4) is 0 Å². The highest BCUT2D eigenvalue weighted by molar-refractivity contribution is 7.89. The second-order valence-corrected chi connectivity index (χ2v) is 7.25. The minimum Gasteiger partial charge on any atom is -0.380 e. The molecule has 0 aliphatic rings. The van der Waals surface area contributed by atoms with Gasteiger partial charge in [-0.15, -0.1) is 0 Å². The zero-order valence-electron chi connectivity index (χ0n) is 13.1. The average Bonchev–Trinajstić information content (AvgIpc) is 2.42. The molecule has 1 aromatic carbocycles. The normalized spacial score (nSPS) is 12.0. The van der Waals surface area contributed by atoms with Gasteiger partial charge in [0.2, 0.25) is 10.0 Å². The van der Waals surface area contributed by atoms with E-state index in [9.17, 15) is 8.42 Å². The second kappa shape index (κ2) is 8.48. The maximum absolute atomic E-state index is 12.1. The van der Waals surface area contributed by atoms with Crippen LogP contribution in [0, 0.1) is 12.8 Å². The number of nitrogens with one attached hydrogen (secondary N) is 1. The van der Waals surface area contributed by atoms with Gasteiger partial charge in [-0.25, -0.2) is 13.1 Å². The third-order valence-electron chi connectivity index (χ3n) is 3.23. The number of aryl methyl sites for hydroxylation is 1. The van der Waals surface area contributed by atoms with E-state index in [0.29, 0.717) is 25.7 Å². The van der Waals surface area contributed by atoms with Crippen LogP contribution in [0.3, 0.4) is 0 Å². The number of rotatable bonds is 9. The molecule has 21 heavy (non-hydrogen) atoms. The van der Waals surface area contributed by atoms with Crippen LogP contribution in [0.4, 0.5) is 0 Å². The Morgan fingerprint density at radius 2 is 2.00 bits per heavy atom. The number of benzene rings is 1. The third-order valence-corrected chi connectivity index (χ3v) is 4.69. The van der Waals surface area contributed by atoms with Gasteiger partial charge in [0.25, 0.3) is 0 Å². The van der Waals surface area contributed by atoms with Crippen molar-refractivity contribution in [1.82, 2.24) is 4.72 Å². The van der Waals surface area contributed by atoms with E-state index in [1.807, 2.05) is 6.92 Å². The Bertz CT molecular complexity index is 542. The van der Waals surface area contributed by atoms with Gasteiger partial charge in [-0.3, -0.25) is 0 Å². The van der Waals surface area contributed by atoms with Crippen LogP contribution in [0.25, 0.3) is 0 Å². The fourth-order valence-corrected chi connectivity index (χ4v) is 2.85. The van der Waals surface area contributed by atoms with Crippen LogP contribution < -0.4 is 10.5 Å². The van der Waals surface area contributed by atoms with Gasteiger partial charge in [0.1, 0.15) is 0 Å². The summed E-state index contributed by atoms with van der Waals surface area (Å²) in [6.07, 6.45) is 0.977. The summed E-state index contributed by atoms with van der Waals surface area (Å²) in [5.41, 5.74) is 7.44. The summed E-state index contributed by atoms with van der Waals surface area (Å²) >= 11 is 0. The molecule has 0 spiro atoms. The first-order valence-corrected chi connectivity index (χ1v) is 8.72. The summed E-state index contributed by atoms with van der Waals surface area (Å²) in [7, 11) is -3.50. The quantitative estimate of drug-likeness (QED) is 0.681. The lowest BCUT2D eigenvalue weighted by molar-refractivity contribution is 0.128. The molecular formula is C15H26N2O3S. The largest absolute Gasteiger partial charge is 0.380 e. The Morgan fingerprint density at radius 1 is 1.29 bits per heavy atom. The van der Waals surface area contributed by atoms with E-state index in [2.05, 4.69) is 18.6 Å². The second-order valence-electron chi connectivity index (χ2n) is 5.49. The highest BCUT2D eigenvalue weighted by Gasteiger charge is 2.14. The maximum atomic E-state index is 12.1. The van der Waals surface area contributed by atoms with Gasteiger partial charge in [0.15, 0.2) is 0 Å². The van der Waals surface area contributed by atoms with Crippen molar-refractivity contribution in [1.29, 1.82) is 0 Å². The van der Waals surface area contributed by atoms with Gasteiger partial charge >= 0.3 is 0 Å². The lowest BCUT2D eigenvalue weighted by Crippen LogP contribution is -2.27. The smallest absolute Gasteiger partial charge is 0.240 e. The van der Waals surface area contributed by atoms with Crippen molar-refractivity contribution in [3.05, 3.63) is 29.3 Å². The summed E-state index contributed by atoms with van der Waals surface area (Å²) < 4.78 is 32.2. The lowest BCUT2D eigenvalue weighted by atomic mass is 10.1. The standard InChI is InChI=1S/C15H26N2O3S/c1-12(2)6-8-20-9-7-17-21(18,19)15-5-4-13(3)14(10-15)11-16/h4-5,10,12,17H,6-9,11,16H2,1-3H3.